The predicted molar refractivity (Wildman–Crippen MR) is 82.2 cm³/mol. The van der Waals surface area contributed by atoms with E-state index in [2.05, 4.69) is 24.9 Å². The van der Waals surface area contributed by atoms with E-state index in [1.165, 1.54) is 17.7 Å². The summed E-state index contributed by atoms with van der Waals surface area (Å²) in [5, 5.41) is 12.3. The van der Waals surface area contributed by atoms with Gasteiger partial charge in [0.25, 0.3) is 0 Å². The highest BCUT2D eigenvalue weighted by molar-refractivity contribution is 7.80. The van der Waals surface area contributed by atoms with Crippen molar-refractivity contribution in [1.29, 1.82) is 0 Å². The first-order valence-electron chi connectivity index (χ1n) is 7.49. The van der Waals surface area contributed by atoms with Crippen LogP contribution in [-0.4, -0.2) is 52.8 Å². The van der Waals surface area contributed by atoms with E-state index in [9.17, 15) is 9.59 Å². The van der Waals surface area contributed by atoms with Gasteiger partial charge in [0.1, 0.15) is 6.04 Å². The molecule has 0 aromatic heterocycles. The predicted octanol–water partition coefficient (Wildman–Crippen LogP) is 1.53. The maximum Gasteiger partial charge on any atom is 0.326 e. The Labute approximate surface area is 126 Å². The van der Waals surface area contributed by atoms with Gasteiger partial charge in [-0.2, -0.15) is 12.6 Å². The van der Waals surface area contributed by atoms with E-state index >= 15 is 0 Å². The first-order chi connectivity index (χ1) is 9.61. The second-order valence-corrected chi connectivity index (χ2v) is 5.64. The normalized spacial score (nSPS) is 20.1. The van der Waals surface area contributed by atoms with Crippen LogP contribution in [0.5, 0.6) is 0 Å². The van der Waals surface area contributed by atoms with Gasteiger partial charge in [0.15, 0.2) is 0 Å². The third kappa shape index (κ3) is 4.98. The maximum absolute atomic E-state index is 12.4. The summed E-state index contributed by atoms with van der Waals surface area (Å²) < 4.78 is 0. The first kappa shape index (κ1) is 17.3. The minimum atomic E-state index is -0.906. The number of hydrogen-bond donors (Lipinski definition) is 3. The molecular weight excluding hydrogens is 276 g/mol. The zero-order valence-electron chi connectivity index (χ0n) is 12.2. The quantitative estimate of drug-likeness (QED) is 0.446. The van der Waals surface area contributed by atoms with Gasteiger partial charge in [0.2, 0.25) is 5.91 Å². The number of carboxylic acid groups (broad SMARTS) is 1. The minimum absolute atomic E-state index is 0.125. The molecule has 0 bridgehead atoms. The number of unbranched alkanes of at least 4 members (excludes halogenated alkanes) is 3. The topological polar surface area (TPSA) is 69.6 Å². The molecule has 1 aliphatic heterocycles. The summed E-state index contributed by atoms with van der Waals surface area (Å²) in [5.74, 6) is -0.632. The van der Waals surface area contributed by atoms with Crippen LogP contribution in [-0.2, 0) is 9.59 Å². The van der Waals surface area contributed by atoms with Crippen molar-refractivity contribution in [3.05, 3.63) is 0 Å². The SMILES string of the molecule is CCCCCCN[C@@H](CS)C(=O)N1CCC[C@H]1C(=O)O. The minimum Gasteiger partial charge on any atom is -0.480 e. The van der Waals surface area contributed by atoms with E-state index in [0.29, 0.717) is 18.7 Å². The summed E-state index contributed by atoms with van der Waals surface area (Å²) in [7, 11) is 0. The Bertz CT molecular complexity index is 326. The van der Waals surface area contributed by atoms with Crippen LogP contribution >= 0.6 is 12.6 Å². The van der Waals surface area contributed by atoms with Gasteiger partial charge in [-0.1, -0.05) is 26.2 Å². The lowest BCUT2D eigenvalue weighted by Crippen LogP contribution is -2.51. The van der Waals surface area contributed by atoms with Crippen molar-refractivity contribution < 1.29 is 14.7 Å². The smallest absolute Gasteiger partial charge is 0.326 e. The lowest BCUT2D eigenvalue weighted by Gasteiger charge is -2.26. The average molecular weight is 302 g/mol. The van der Waals surface area contributed by atoms with Crippen molar-refractivity contribution in [2.75, 3.05) is 18.8 Å². The van der Waals surface area contributed by atoms with Gasteiger partial charge in [-0.25, -0.2) is 4.79 Å². The summed E-state index contributed by atoms with van der Waals surface area (Å²) in [6.45, 7) is 3.48. The number of carbonyl (C=O) groups is 2. The number of carbonyl (C=O) groups excluding carboxylic acids is 1. The van der Waals surface area contributed by atoms with Crippen LogP contribution in [0.2, 0.25) is 0 Å². The Hall–Kier alpha value is -0.750. The van der Waals surface area contributed by atoms with Gasteiger partial charge >= 0.3 is 5.97 Å². The van der Waals surface area contributed by atoms with E-state index in [1.807, 2.05) is 0 Å². The zero-order valence-corrected chi connectivity index (χ0v) is 13.1. The highest BCUT2D eigenvalue weighted by atomic mass is 32.1. The van der Waals surface area contributed by atoms with Crippen molar-refractivity contribution in [3.8, 4) is 0 Å². The summed E-state index contributed by atoms with van der Waals surface area (Å²) in [6.07, 6.45) is 5.89. The number of carboxylic acids is 1. The lowest BCUT2D eigenvalue weighted by molar-refractivity contribution is -0.148. The molecule has 0 saturated carbocycles. The molecule has 5 nitrogen and oxygen atoms in total. The molecule has 1 fully saturated rings. The number of nitrogens with one attached hydrogen (secondary N) is 1. The fourth-order valence-corrected chi connectivity index (χ4v) is 2.83. The van der Waals surface area contributed by atoms with Crippen molar-refractivity contribution >= 4 is 24.5 Å². The summed E-state index contributed by atoms with van der Waals surface area (Å²) >= 11 is 4.21. The molecule has 1 heterocycles. The second kappa shape index (κ2) is 9.23. The first-order valence-corrected chi connectivity index (χ1v) is 8.12. The Morgan fingerprint density at radius 3 is 2.75 bits per heavy atom. The van der Waals surface area contributed by atoms with Crippen LogP contribution in [0.15, 0.2) is 0 Å². The van der Waals surface area contributed by atoms with Crippen molar-refractivity contribution in [2.24, 2.45) is 0 Å². The molecule has 2 N–H and O–H groups in total. The molecule has 6 heteroatoms. The lowest BCUT2D eigenvalue weighted by atomic mass is 10.2. The maximum atomic E-state index is 12.4. The Morgan fingerprint density at radius 2 is 2.15 bits per heavy atom. The number of likely N-dealkylation sites (tertiary alicyclic amines) is 1. The molecule has 1 amide bonds. The van der Waals surface area contributed by atoms with Crippen LogP contribution in [0, 0.1) is 0 Å². The van der Waals surface area contributed by atoms with Gasteiger partial charge in [-0.3, -0.25) is 4.79 Å². The summed E-state index contributed by atoms with van der Waals surface area (Å²) in [5.41, 5.74) is 0. The van der Waals surface area contributed by atoms with Crippen LogP contribution in [0.25, 0.3) is 0 Å². The van der Waals surface area contributed by atoms with E-state index in [4.69, 9.17) is 5.11 Å². The highest BCUT2D eigenvalue weighted by Gasteiger charge is 2.36. The standard InChI is InChI=1S/C14H26N2O3S/c1-2-3-4-5-8-15-11(10-20)13(17)16-9-6-7-12(16)14(18)19/h11-12,15,20H,2-10H2,1H3,(H,18,19)/t11-,12-/m0/s1. The highest BCUT2D eigenvalue weighted by Crippen LogP contribution is 2.18. The van der Waals surface area contributed by atoms with E-state index < -0.39 is 12.0 Å². The van der Waals surface area contributed by atoms with Gasteiger partial charge in [0.05, 0.1) is 6.04 Å². The molecule has 1 saturated heterocycles. The fourth-order valence-electron chi connectivity index (χ4n) is 2.55. The van der Waals surface area contributed by atoms with Crippen LogP contribution in [0.1, 0.15) is 45.4 Å². The van der Waals surface area contributed by atoms with Gasteiger partial charge in [-0.05, 0) is 25.8 Å². The largest absolute Gasteiger partial charge is 0.480 e. The molecule has 0 unspecified atom stereocenters. The Kier molecular flexibility index (Phi) is 7.99. The summed E-state index contributed by atoms with van der Waals surface area (Å²) in [6, 6.07) is -1.04. The zero-order chi connectivity index (χ0) is 15.0. The number of aliphatic carboxylic acids is 1. The molecule has 0 aromatic carbocycles. The Morgan fingerprint density at radius 1 is 1.40 bits per heavy atom. The fraction of sp³-hybridized carbons (Fsp3) is 0.857. The van der Waals surface area contributed by atoms with Crippen molar-refractivity contribution in [3.63, 3.8) is 0 Å². The third-order valence-corrected chi connectivity index (χ3v) is 4.09. The number of amides is 1. The van der Waals surface area contributed by atoms with E-state index in [-0.39, 0.29) is 11.9 Å². The average Bonchev–Trinajstić information content (AvgIpc) is 2.91. The van der Waals surface area contributed by atoms with Crippen molar-refractivity contribution in [2.45, 2.75) is 57.5 Å². The summed E-state index contributed by atoms with van der Waals surface area (Å²) in [4.78, 5) is 25.0. The molecule has 0 spiro atoms. The van der Waals surface area contributed by atoms with Gasteiger partial charge < -0.3 is 15.3 Å². The number of hydrogen-bond acceptors (Lipinski definition) is 4. The van der Waals surface area contributed by atoms with E-state index in [0.717, 1.165) is 25.8 Å². The van der Waals surface area contributed by atoms with Crippen LogP contribution < -0.4 is 5.32 Å². The molecule has 20 heavy (non-hydrogen) atoms. The molecule has 0 radical (unpaired) electrons. The number of rotatable bonds is 9. The molecule has 0 aliphatic carbocycles. The van der Waals surface area contributed by atoms with E-state index in [1.54, 1.807) is 0 Å². The number of nitrogens with zero attached hydrogens (tertiary/aromatic N) is 1. The third-order valence-electron chi connectivity index (χ3n) is 3.72. The second-order valence-electron chi connectivity index (χ2n) is 5.28. The van der Waals surface area contributed by atoms with Gasteiger partial charge in [0, 0.05) is 12.3 Å². The molecular formula is C14H26N2O3S. The molecule has 2 atom stereocenters. The molecule has 0 aromatic rings. The van der Waals surface area contributed by atoms with Crippen molar-refractivity contribution in [1.82, 2.24) is 10.2 Å². The molecule has 1 aliphatic rings. The van der Waals surface area contributed by atoms with Crippen LogP contribution in [0.3, 0.4) is 0 Å². The molecule has 1 rings (SSSR count). The monoisotopic (exact) mass is 302 g/mol. The Balaban J connectivity index is 2.43. The molecule has 116 valence electrons. The number of thiol groups is 1. The van der Waals surface area contributed by atoms with Crippen LogP contribution in [0.4, 0.5) is 0 Å². The van der Waals surface area contributed by atoms with Gasteiger partial charge in [-0.15, -0.1) is 0 Å².